The van der Waals surface area contributed by atoms with Gasteiger partial charge in [-0.1, -0.05) is 67.6 Å². The van der Waals surface area contributed by atoms with Crippen LogP contribution in [-0.2, 0) is 11.3 Å². The standard InChI is InChI=1S/C40H34F5N7O/c1-39(2)18-25(7-6-8-30-29(22-48)38(27(20-46)21-47)53-40(30,3)4)17-26(19-39)10-9-24-11-13-28(14-12-24)51(5)15-16-52-23-31(49-50-52)32-33(41)35(43)37(45)36(44)34(32)42/h6-14,17,23H,15-16,18-19H2,1-5H3/b8-6+,10-9+,25-7-. The number of benzene rings is 2. The summed E-state index contributed by atoms with van der Waals surface area (Å²) in [5.41, 5.74) is 2.10. The minimum Gasteiger partial charge on any atom is -0.480 e. The average molecular weight is 724 g/mol. The van der Waals surface area contributed by atoms with Gasteiger partial charge in [-0.25, -0.2) is 22.0 Å². The number of halogens is 5. The molecule has 0 saturated carbocycles. The van der Waals surface area contributed by atoms with E-state index in [-0.39, 0.29) is 28.9 Å². The molecule has 0 N–H and O–H groups in total. The van der Waals surface area contributed by atoms with Gasteiger partial charge in [-0.15, -0.1) is 5.10 Å². The molecule has 0 unspecified atom stereocenters. The van der Waals surface area contributed by atoms with E-state index in [1.165, 1.54) is 4.68 Å². The van der Waals surface area contributed by atoms with Gasteiger partial charge < -0.3 is 9.64 Å². The van der Waals surface area contributed by atoms with Gasteiger partial charge in [0.25, 0.3) is 0 Å². The Kier molecular flexibility index (Phi) is 10.9. The lowest BCUT2D eigenvalue weighted by molar-refractivity contribution is 0.0954. The largest absolute Gasteiger partial charge is 0.480 e. The number of nitriles is 3. The highest BCUT2D eigenvalue weighted by Crippen LogP contribution is 2.41. The molecular formula is C40H34F5N7O. The highest BCUT2D eigenvalue weighted by Gasteiger charge is 2.38. The topological polar surface area (TPSA) is 115 Å². The molecule has 2 aliphatic rings. The Morgan fingerprint density at radius 2 is 1.55 bits per heavy atom. The Hall–Kier alpha value is -6.26. The third-order valence-electron chi connectivity index (χ3n) is 8.87. The van der Waals surface area contributed by atoms with Crippen molar-refractivity contribution in [2.75, 3.05) is 18.5 Å². The molecule has 5 rings (SSSR count). The number of hydrogen-bond donors (Lipinski definition) is 0. The lowest BCUT2D eigenvalue weighted by Gasteiger charge is -2.30. The molecule has 53 heavy (non-hydrogen) atoms. The SMILES string of the molecule is CN(CCn1cc(-c2c(F)c(F)c(F)c(F)c2F)nn1)c1ccc(/C=C/C2=CC(=C/C=C/C3=C(C#N)C(=C(C#N)C#N)OC3(C)C)/CC(C)(C)C2)cc1. The minimum atomic E-state index is -2.24. The number of nitrogens with zero attached hydrogens (tertiary/aromatic N) is 7. The molecule has 0 amide bonds. The zero-order chi connectivity index (χ0) is 38.7. The zero-order valence-electron chi connectivity index (χ0n) is 29.6. The van der Waals surface area contributed by atoms with Gasteiger partial charge in [-0.2, -0.15) is 15.8 Å². The Labute approximate surface area is 304 Å². The van der Waals surface area contributed by atoms with Gasteiger partial charge in [0.2, 0.25) is 5.82 Å². The summed E-state index contributed by atoms with van der Waals surface area (Å²) in [4.78, 5) is 1.92. The van der Waals surface area contributed by atoms with E-state index in [0.29, 0.717) is 12.1 Å². The molecule has 0 spiro atoms. The van der Waals surface area contributed by atoms with Gasteiger partial charge in [-0.3, -0.25) is 4.68 Å². The van der Waals surface area contributed by atoms with Gasteiger partial charge in [0, 0.05) is 24.9 Å². The summed E-state index contributed by atoms with van der Waals surface area (Å²) in [5, 5.41) is 35.8. The predicted molar refractivity (Wildman–Crippen MR) is 188 cm³/mol. The lowest BCUT2D eigenvalue weighted by Crippen LogP contribution is -2.22. The summed E-state index contributed by atoms with van der Waals surface area (Å²) >= 11 is 0. The van der Waals surface area contributed by atoms with Gasteiger partial charge >= 0.3 is 0 Å². The van der Waals surface area contributed by atoms with Crippen LogP contribution in [0, 0.1) is 68.5 Å². The first-order valence-electron chi connectivity index (χ1n) is 16.5. The van der Waals surface area contributed by atoms with E-state index in [0.717, 1.165) is 41.4 Å². The minimum absolute atomic E-state index is 0.00226. The fourth-order valence-corrected chi connectivity index (χ4v) is 6.25. The van der Waals surface area contributed by atoms with E-state index < -0.39 is 45.9 Å². The Balaban J connectivity index is 1.25. The van der Waals surface area contributed by atoms with Crippen LogP contribution in [0.2, 0.25) is 0 Å². The monoisotopic (exact) mass is 723 g/mol. The summed E-state index contributed by atoms with van der Waals surface area (Å²) in [6.07, 6.45) is 14.7. The van der Waals surface area contributed by atoms with Crippen LogP contribution in [0.5, 0.6) is 0 Å². The molecule has 8 nitrogen and oxygen atoms in total. The molecule has 2 heterocycles. The lowest BCUT2D eigenvalue weighted by atomic mass is 9.75. The van der Waals surface area contributed by atoms with Crippen LogP contribution in [-0.4, -0.2) is 34.2 Å². The Bertz CT molecular complexity index is 2230. The van der Waals surface area contributed by atoms with E-state index >= 15 is 0 Å². The van der Waals surface area contributed by atoms with Crippen molar-refractivity contribution < 1.29 is 26.7 Å². The van der Waals surface area contributed by atoms with Crippen LogP contribution in [0.4, 0.5) is 27.6 Å². The molecule has 0 radical (unpaired) electrons. The molecular weight excluding hydrogens is 689 g/mol. The zero-order valence-corrected chi connectivity index (χ0v) is 29.6. The molecule has 0 atom stereocenters. The summed E-state index contributed by atoms with van der Waals surface area (Å²) in [6, 6.07) is 13.5. The van der Waals surface area contributed by atoms with Crippen molar-refractivity contribution in [1.82, 2.24) is 15.0 Å². The van der Waals surface area contributed by atoms with E-state index in [9.17, 15) is 37.7 Å². The normalized spacial score (nSPS) is 17.2. The number of anilines is 1. The predicted octanol–water partition coefficient (Wildman–Crippen LogP) is 8.95. The molecule has 1 aliphatic heterocycles. The van der Waals surface area contributed by atoms with Crippen LogP contribution in [0.15, 0.2) is 94.5 Å². The molecule has 0 fully saturated rings. The van der Waals surface area contributed by atoms with Gasteiger partial charge in [0.15, 0.2) is 34.6 Å². The van der Waals surface area contributed by atoms with Gasteiger partial charge in [-0.05, 0) is 60.9 Å². The number of allylic oxidation sites excluding steroid dienone is 8. The number of aromatic nitrogens is 3. The van der Waals surface area contributed by atoms with Crippen molar-refractivity contribution in [1.29, 1.82) is 15.8 Å². The molecule has 1 aromatic heterocycles. The van der Waals surface area contributed by atoms with Crippen molar-refractivity contribution in [2.45, 2.75) is 52.7 Å². The summed E-state index contributed by atoms with van der Waals surface area (Å²) in [7, 11) is 1.84. The van der Waals surface area contributed by atoms with Crippen LogP contribution in [0.25, 0.3) is 17.3 Å². The summed E-state index contributed by atoms with van der Waals surface area (Å²) < 4.78 is 76.3. The van der Waals surface area contributed by atoms with E-state index in [1.54, 1.807) is 32.1 Å². The third-order valence-corrected chi connectivity index (χ3v) is 8.87. The summed E-state index contributed by atoms with van der Waals surface area (Å²) in [5.74, 6) is -10.3. The van der Waals surface area contributed by atoms with Crippen LogP contribution in [0.3, 0.4) is 0 Å². The van der Waals surface area contributed by atoms with Gasteiger partial charge in [0.05, 0.1) is 18.3 Å². The Morgan fingerprint density at radius 3 is 2.17 bits per heavy atom. The smallest absolute Gasteiger partial charge is 0.200 e. The average Bonchev–Trinajstić information content (AvgIpc) is 3.69. The van der Waals surface area contributed by atoms with E-state index in [1.807, 2.05) is 54.4 Å². The van der Waals surface area contributed by atoms with Crippen LogP contribution in [0.1, 0.15) is 46.1 Å². The first kappa shape index (κ1) is 38.0. The maximum absolute atomic E-state index is 14.2. The maximum Gasteiger partial charge on any atom is 0.200 e. The fourth-order valence-electron chi connectivity index (χ4n) is 6.25. The van der Waals surface area contributed by atoms with Crippen molar-refractivity contribution >= 4 is 11.8 Å². The molecule has 13 heteroatoms. The van der Waals surface area contributed by atoms with Crippen molar-refractivity contribution in [2.24, 2.45) is 5.41 Å². The number of ether oxygens (including phenoxy) is 1. The van der Waals surface area contributed by atoms with Crippen LogP contribution < -0.4 is 4.90 Å². The molecule has 2 aromatic carbocycles. The van der Waals surface area contributed by atoms with Crippen molar-refractivity contribution in [3.8, 4) is 29.5 Å². The second-order valence-electron chi connectivity index (χ2n) is 13.9. The second-order valence-corrected chi connectivity index (χ2v) is 13.9. The second kappa shape index (κ2) is 15.1. The quantitative estimate of drug-likeness (QED) is 0.0937. The number of rotatable bonds is 9. The van der Waals surface area contributed by atoms with Gasteiger partial charge in [0.1, 0.15) is 35.1 Å². The molecule has 270 valence electrons. The highest BCUT2D eigenvalue weighted by atomic mass is 19.2. The molecule has 3 aromatic rings. The fraction of sp³-hybridized carbons (Fsp3) is 0.275. The number of likely N-dealkylation sites (N-methyl/N-ethyl adjacent to an activating group) is 1. The Morgan fingerprint density at radius 1 is 0.906 bits per heavy atom. The first-order chi connectivity index (χ1) is 25.1. The molecule has 0 saturated heterocycles. The van der Waals surface area contributed by atoms with Crippen molar-refractivity contribution in [3.05, 3.63) is 129 Å². The highest BCUT2D eigenvalue weighted by molar-refractivity contribution is 5.62. The maximum atomic E-state index is 14.2. The van der Waals surface area contributed by atoms with E-state index in [4.69, 9.17) is 4.74 Å². The molecule has 1 aliphatic carbocycles. The van der Waals surface area contributed by atoms with Crippen molar-refractivity contribution in [3.63, 3.8) is 0 Å². The molecule has 0 bridgehead atoms. The van der Waals surface area contributed by atoms with Crippen LogP contribution >= 0.6 is 0 Å². The first-order valence-corrected chi connectivity index (χ1v) is 16.5. The van der Waals surface area contributed by atoms with E-state index in [2.05, 4.69) is 42.4 Å². The number of hydrogen-bond acceptors (Lipinski definition) is 7. The third kappa shape index (κ3) is 8.13. The summed E-state index contributed by atoms with van der Waals surface area (Å²) in [6.45, 7) is 8.58.